The molecule has 0 unspecified atom stereocenters. The van der Waals surface area contributed by atoms with Crippen LogP contribution in [0.4, 0.5) is 0 Å². The average Bonchev–Trinajstić information content (AvgIpc) is 3.03. The molecule has 0 bridgehead atoms. The zero-order valence-corrected chi connectivity index (χ0v) is 11.7. The topological polar surface area (TPSA) is 60.7 Å². The van der Waals surface area contributed by atoms with Crippen LogP contribution in [0.1, 0.15) is 5.76 Å². The number of furan rings is 1. The van der Waals surface area contributed by atoms with Crippen molar-refractivity contribution in [3.63, 3.8) is 0 Å². The molecule has 1 aromatic carbocycles. The van der Waals surface area contributed by atoms with Gasteiger partial charge in [0.25, 0.3) is 0 Å². The van der Waals surface area contributed by atoms with Gasteiger partial charge >= 0.3 is 0 Å². The van der Waals surface area contributed by atoms with E-state index in [4.69, 9.17) is 13.9 Å². The number of nitrogens with one attached hydrogen (secondary N) is 1. The van der Waals surface area contributed by atoms with Crippen molar-refractivity contribution in [2.24, 2.45) is 0 Å². The molecule has 1 N–H and O–H groups in total. The first kappa shape index (κ1) is 14.7. The summed E-state index contributed by atoms with van der Waals surface area (Å²) in [5.41, 5.74) is 0. The van der Waals surface area contributed by atoms with Gasteiger partial charge < -0.3 is 19.2 Å². The summed E-state index contributed by atoms with van der Waals surface area (Å²) in [5, 5.41) is 2.72. The fraction of sp³-hybridized carbons (Fsp3) is 0.188. The second-order valence-corrected chi connectivity index (χ2v) is 4.16. The first-order valence-electron chi connectivity index (χ1n) is 6.54. The Hall–Kier alpha value is -2.69. The summed E-state index contributed by atoms with van der Waals surface area (Å²) in [7, 11) is 1.61. The van der Waals surface area contributed by atoms with Gasteiger partial charge in [0.15, 0.2) is 0 Å². The minimum absolute atomic E-state index is 0.190. The van der Waals surface area contributed by atoms with Crippen LogP contribution in [-0.4, -0.2) is 26.2 Å². The third kappa shape index (κ3) is 5.06. The monoisotopic (exact) mass is 287 g/mol. The molecule has 5 heteroatoms. The maximum Gasteiger partial charge on any atom is 0.244 e. The highest BCUT2D eigenvalue weighted by atomic mass is 16.5. The predicted molar refractivity (Wildman–Crippen MR) is 79.2 cm³/mol. The highest BCUT2D eigenvalue weighted by molar-refractivity contribution is 5.91. The van der Waals surface area contributed by atoms with Gasteiger partial charge in [-0.2, -0.15) is 0 Å². The van der Waals surface area contributed by atoms with E-state index in [2.05, 4.69) is 5.32 Å². The molecule has 0 aliphatic rings. The number of carbonyl (C=O) groups excluding carboxylic acids is 1. The molecule has 0 saturated heterocycles. The minimum Gasteiger partial charge on any atom is -0.497 e. The number of carbonyl (C=O) groups is 1. The van der Waals surface area contributed by atoms with E-state index in [1.54, 1.807) is 31.6 Å². The lowest BCUT2D eigenvalue weighted by atomic mass is 10.3. The molecule has 1 aromatic heterocycles. The lowest BCUT2D eigenvalue weighted by molar-refractivity contribution is -0.116. The molecule has 0 radical (unpaired) electrons. The number of rotatable bonds is 7. The van der Waals surface area contributed by atoms with Gasteiger partial charge in [0, 0.05) is 6.08 Å². The predicted octanol–water partition coefficient (Wildman–Crippen LogP) is 2.50. The largest absolute Gasteiger partial charge is 0.497 e. The molecule has 110 valence electrons. The van der Waals surface area contributed by atoms with Crippen LogP contribution in [0, 0.1) is 0 Å². The molecule has 2 rings (SSSR count). The molecule has 1 amide bonds. The number of benzene rings is 1. The molecule has 5 nitrogen and oxygen atoms in total. The molecule has 21 heavy (non-hydrogen) atoms. The first-order valence-corrected chi connectivity index (χ1v) is 6.54. The average molecular weight is 287 g/mol. The molecular weight excluding hydrogens is 270 g/mol. The smallest absolute Gasteiger partial charge is 0.244 e. The Balaban J connectivity index is 1.65. The van der Waals surface area contributed by atoms with E-state index in [-0.39, 0.29) is 5.91 Å². The Kier molecular flexibility index (Phi) is 5.46. The third-order valence-corrected chi connectivity index (χ3v) is 2.67. The molecule has 0 aliphatic carbocycles. The molecule has 2 aromatic rings. The van der Waals surface area contributed by atoms with E-state index in [0.29, 0.717) is 18.9 Å². The van der Waals surface area contributed by atoms with Crippen LogP contribution < -0.4 is 14.8 Å². The van der Waals surface area contributed by atoms with Crippen LogP contribution in [0.3, 0.4) is 0 Å². The zero-order valence-electron chi connectivity index (χ0n) is 11.7. The standard InChI is InChI=1S/C16H17NO4/c1-19-13-4-6-15(7-5-13)21-12-10-17-16(18)9-8-14-3-2-11-20-14/h2-9,11H,10,12H2,1H3,(H,17,18)/b9-8+. The van der Waals surface area contributed by atoms with Crippen LogP contribution in [0.15, 0.2) is 53.2 Å². The third-order valence-electron chi connectivity index (χ3n) is 2.67. The summed E-state index contributed by atoms with van der Waals surface area (Å²) in [5.74, 6) is 1.96. The van der Waals surface area contributed by atoms with E-state index in [1.807, 2.05) is 24.3 Å². The number of hydrogen-bond donors (Lipinski definition) is 1. The lowest BCUT2D eigenvalue weighted by Crippen LogP contribution is -2.26. The van der Waals surface area contributed by atoms with Crippen LogP contribution in [0.2, 0.25) is 0 Å². The van der Waals surface area contributed by atoms with Crippen LogP contribution >= 0.6 is 0 Å². The van der Waals surface area contributed by atoms with Crippen LogP contribution in [0.25, 0.3) is 6.08 Å². The Bertz CT molecular complexity index is 573. The van der Waals surface area contributed by atoms with Gasteiger partial charge in [0.2, 0.25) is 5.91 Å². The number of hydrogen-bond acceptors (Lipinski definition) is 4. The second kappa shape index (κ2) is 7.79. The summed E-state index contributed by atoms with van der Waals surface area (Å²) in [6, 6.07) is 10.8. The van der Waals surface area contributed by atoms with Crippen molar-refractivity contribution in [2.45, 2.75) is 0 Å². The molecular formula is C16H17NO4. The molecule has 1 heterocycles. The summed E-state index contributed by atoms with van der Waals surface area (Å²) in [4.78, 5) is 11.5. The van der Waals surface area contributed by atoms with Gasteiger partial charge in [-0.25, -0.2) is 0 Å². The minimum atomic E-state index is -0.190. The van der Waals surface area contributed by atoms with E-state index in [0.717, 1.165) is 11.5 Å². The summed E-state index contributed by atoms with van der Waals surface area (Å²) in [6.07, 6.45) is 4.59. The first-order chi connectivity index (χ1) is 10.3. The van der Waals surface area contributed by atoms with Gasteiger partial charge in [-0.3, -0.25) is 4.79 Å². The van der Waals surface area contributed by atoms with E-state index in [9.17, 15) is 4.79 Å². The number of amides is 1. The number of ether oxygens (including phenoxy) is 2. The van der Waals surface area contributed by atoms with E-state index >= 15 is 0 Å². The van der Waals surface area contributed by atoms with Crippen LogP contribution in [0.5, 0.6) is 11.5 Å². The fourth-order valence-corrected chi connectivity index (χ4v) is 1.62. The maximum atomic E-state index is 11.5. The van der Waals surface area contributed by atoms with Gasteiger partial charge in [-0.1, -0.05) is 0 Å². The van der Waals surface area contributed by atoms with Crippen molar-refractivity contribution >= 4 is 12.0 Å². The zero-order chi connectivity index (χ0) is 14.9. The Morgan fingerprint density at radius 1 is 1.24 bits per heavy atom. The molecule has 0 saturated carbocycles. The van der Waals surface area contributed by atoms with Gasteiger partial charge in [0.1, 0.15) is 23.9 Å². The van der Waals surface area contributed by atoms with Crippen molar-refractivity contribution in [1.82, 2.24) is 5.32 Å². The fourth-order valence-electron chi connectivity index (χ4n) is 1.62. The SMILES string of the molecule is COc1ccc(OCCNC(=O)/C=C/c2ccco2)cc1. The molecule has 0 fully saturated rings. The summed E-state index contributed by atoms with van der Waals surface area (Å²) < 4.78 is 15.6. The van der Waals surface area contributed by atoms with Gasteiger partial charge in [-0.15, -0.1) is 0 Å². The molecule has 0 atom stereocenters. The highest BCUT2D eigenvalue weighted by Gasteiger charge is 1.98. The Morgan fingerprint density at radius 3 is 2.67 bits per heavy atom. The second-order valence-electron chi connectivity index (χ2n) is 4.16. The Labute approximate surface area is 123 Å². The van der Waals surface area contributed by atoms with Crippen LogP contribution in [-0.2, 0) is 4.79 Å². The molecule has 0 spiro atoms. The highest BCUT2D eigenvalue weighted by Crippen LogP contribution is 2.16. The lowest BCUT2D eigenvalue weighted by Gasteiger charge is -2.07. The van der Waals surface area contributed by atoms with Gasteiger partial charge in [0.05, 0.1) is 19.9 Å². The summed E-state index contributed by atoms with van der Waals surface area (Å²) >= 11 is 0. The summed E-state index contributed by atoms with van der Waals surface area (Å²) in [6.45, 7) is 0.819. The Morgan fingerprint density at radius 2 is 2.00 bits per heavy atom. The normalized spacial score (nSPS) is 10.5. The van der Waals surface area contributed by atoms with Crippen molar-refractivity contribution in [2.75, 3.05) is 20.3 Å². The van der Waals surface area contributed by atoms with E-state index < -0.39 is 0 Å². The quantitative estimate of drug-likeness (QED) is 0.628. The van der Waals surface area contributed by atoms with Gasteiger partial charge in [-0.05, 0) is 42.5 Å². The van der Waals surface area contributed by atoms with Crippen molar-refractivity contribution < 1.29 is 18.7 Å². The van der Waals surface area contributed by atoms with Crippen molar-refractivity contribution in [1.29, 1.82) is 0 Å². The van der Waals surface area contributed by atoms with E-state index in [1.165, 1.54) is 6.08 Å². The molecule has 0 aliphatic heterocycles. The number of methoxy groups -OCH3 is 1. The van der Waals surface area contributed by atoms with Crippen molar-refractivity contribution in [3.05, 3.63) is 54.5 Å². The van der Waals surface area contributed by atoms with Crippen molar-refractivity contribution in [3.8, 4) is 11.5 Å². The maximum absolute atomic E-state index is 11.5.